The molecule has 0 amide bonds. The normalized spacial score (nSPS) is 24.4. The van der Waals surface area contributed by atoms with Crippen LogP contribution in [-0.2, 0) is 0 Å². The first-order chi connectivity index (χ1) is 9.63. The van der Waals surface area contributed by atoms with Crippen molar-refractivity contribution in [3.63, 3.8) is 0 Å². The monoisotopic (exact) mass is 279 g/mol. The number of hydrogen-bond donors (Lipinski definition) is 1. The maximum atomic E-state index is 13.4. The molecular weight excluding hydrogens is 253 g/mol. The van der Waals surface area contributed by atoms with Crippen LogP contribution >= 0.6 is 0 Å². The molecule has 3 atom stereocenters. The van der Waals surface area contributed by atoms with Crippen molar-refractivity contribution in [3.8, 4) is 5.75 Å². The summed E-state index contributed by atoms with van der Waals surface area (Å²) in [6, 6.07) is 5.94. The first-order valence-corrected chi connectivity index (χ1v) is 7.73. The average Bonchev–Trinajstić information content (AvgIpc) is 2.47. The van der Waals surface area contributed by atoms with E-state index in [1.165, 1.54) is 45.3 Å². The molecule has 0 aliphatic heterocycles. The van der Waals surface area contributed by atoms with Gasteiger partial charge in [0.15, 0.2) is 11.6 Å². The van der Waals surface area contributed by atoms with E-state index in [0.29, 0.717) is 11.8 Å². The van der Waals surface area contributed by atoms with Crippen molar-refractivity contribution < 1.29 is 9.13 Å². The van der Waals surface area contributed by atoms with Crippen LogP contribution in [0.4, 0.5) is 4.39 Å². The highest BCUT2D eigenvalue weighted by Gasteiger charge is 2.22. The molecule has 1 aliphatic carbocycles. The molecular formula is C17H26FNO. The summed E-state index contributed by atoms with van der Waals surface area (Å²) >= 11 is 0. The van der Waals surface area contributed by atoms with E-state index < -0.39 is 0 Å². The Hall–Kier alpha value is -1.09. The van der Waals surface area contributed by atoms with Crippen LogP contribution in [0.3, 0.4) is 0 Å². The molecule has 0 aromatic heterocycles. The van der Waals surface area contributed by atoms with Crippen LogP contribution in [0.1, 0.15) is 57.6 Å². The summed E-state index contributed by atoms with van der Waals surface area (Å²) in [5, 5.41) is 3.69. The third kappa shape index (κ3) is 3.72. The SMILES string of the molecule is CCC1CCCC(NC(C)c2ccc(F)c(OC)c2)C1. The Morgan fingerprint density at radius 1 is 1.40 bits per heavy atom. The number of rotatable bonds is 5. The third-order valence-electron chi connectivity index (χ3n) is 4.52. The molecule has 2 nitrogen and oxygen atoms in total. The van der Waals surface area contributed by atoms with Crippen molar-refractivity contribution in [1.82, 2.24) is 5.32 Å². The zero-order valence-electron chi connectivity index (χ0n) is 12.8. The van der Waals surface area contributed by atoms with Gasteiger partial charge in [-0.1, -0.05) is 32.3 Å². The van der Waals surface area contributed by atoms with E-state index >= 15 is 0 Å². The minimum absolute atomic E-state index is 0.227. The summed E-state index contributed by atoms with van der Waals surface area (Å²) in [6.07, 6.45) is 6.47. The van der Waals surface area contributed by atoms with Gasteiger partial charge in [0.2, 0.25) is 0 Å². The molecule has 0 spiro atoms. The third-order valence-corrected chi connectivity index (χ3v) is 4.52. The molecule has 3 unspecified atom stereocenters. The van der Waals surface area contributed by atoms with Crippen LogP contribution in [0.2, 0.25) is 0 Å². The highest BCUT2D eigenvalue weighted by Crippen LogP contribution is 2.29. The minimum Gasteiger partial charge on any atom is -0.494 e. The summed E-state index contributed by atoms with van der Waals surface area (Å²) < 4.78 is 18.5. The fourth-order valence-electron chi connectivity index (χ4n) is 3.21. The lowest BCUT2D eigenvalue weighted by Gasteiger charge is -2.31. The van der Waals surface area contributed by atoms with Crippen LogP contribution in [0.5, 0.6) is 5.75 Å². The lowest BCUT2D eigenvalue weighted by Crippen LogP contribution is -2.35. The summed E-state index contributed by atoms with van der Waals surface area (Å²) in [7, 11) is 1.51. The van der Waals surface area contributed by atoms with E-state index in [2.05, 4.69) is 19.2 Å². The quantitative estimate of drug-likeness (QED) is 0.859. The molecule has 1 aromatic rings. The van der Waals surface area contributed by atoms with Gasteiger partial charge in [-0.3, -0.25) is 0 Å². The second-order valence-corrected chi connectivity index (χ2v) is 5.92. The first-order valence-electron chi connectivity index (χ1n) is 7.73. The molecule has 112 valence electrons. The molecule has 1 aromatic carbocycles. The van der Waals surface area contributed by atoms with E-state index in [0.717, 1.165) is 11.5 Å². The van der Waals surface area contributed by atoms with Crippen LogP contribution in [0.15, 0.2) is 18.2 Å². The zero-order valence-corrected chi connectivity index (χ0v) is 12.8. The highest BCUT2D eigenvalue weighted by atomic mass is 19.1. The number of nitrogens with one attached hydrogen (secondary N) is 1. The van der Waals surface area contributed by atoms with E-state index in [4.69, 9.17) is 4.74 Å². The van der Waals surface area contributed by atoms with Crippen molar-refractivity contribution in [2.75, 3.05) is 7.11 Å². The van der Waals surface area contributed by atoms with Gasteiger partial charge in [0.1, 0.15) is 0 Å². The maximum Gasteiger partial charge on any atom is 0.165 e. The molecule has 3 heteroatoms. The van der Waals surface area contributed by atoms with Gasteiger partial charge in [0.05, 0.1) is 7.11 Å². The Labute approximate surface area is 121 Å². The Balaban J connectivity index is 1.99. The number of halogens is 1. The van der Waals surface area contributed by atoms with E-state index in [9.17, 15) is 4.39 Å². The molecule has 1 fully saturated rings. The Bertz CT molecular complexity index is 435. The summed E-state index contributed by atoms with van der Waals surface area (Å²) in [6.45, 7) is 4.42. The lowest BCUT2D eigenvalue weighted by atomic mass is 9.84. The van der Waals surface area contributed by atoms with Crippen molar-refractivity contribution in [1.29, 1.82) is 0 Å². The predicted molar refractivity (Wildman–Crippen MR) is 80.5 cm³/mol. The first kappa shape index (κ1) is 15.3. The van der Waals surface area contributed by atoms with Crippen molar-refractivity contribution in [2.24, 2.45) is 5.92 Å². The Morgan fingerprint density at radius 3 is 2.90 bits per heavy atom. The molecule has 0 saturated heterocycles. The molecule has 20 heavy (non-hydrogen) atoms. The molecule has 0 heterocycles. The van der Waals surface area contributed by atoms with Crippen LogP contribution < -0.4 is 10.1 Å². The zero-order chi connectivity index (χ0) is 14.5. The number of ether oxygens (including phenoxy) is 1. The summed E-state index contributed by atoms with van der Waals surface area (Å²) in [4.78, 5) is 0. The van der Waals surface area contributed by atoms with Crippen molar-refractivity contribution >= 4 is 0 Å². The highest BCUT2D eigenvalue weighted by molar-refractivity contribution is 5.32. The molecule has 1 N–H and O–H groups in total. The average molecular weight is 279 g/mol. The van der Waals surface area contributed by atoms with Crippen LogP contribution in [0, 0.1) is 11.7 Å². The Kier molecular flexibility index (Phi) is 5.41. The maximum absolute atomic E-state index is 13.4. The fourth-order valence-corrected chi connectivity index (χ4v) is 3.21. The minimum atomic E-state index is -0.299. The molecule has 0 radical (unpaired) electrons. The number of hydrogen-bond acceptors (Lipinski definition) is 2. The lowest BCUT2D eigenvalue weighted by molar-refractivity contribution is 0.265. The number of methoxy groups -OCH3 is 1. The van der Waals surface area contributed by atoms with Gasteiger partial charge in [-0.05, 0) is 43.4 Å². The van der Waals surface area contributed by atoms with Gasteiger partial charge in [-0.25, -0.2) is 4.39 Å². The van der Waals surface area contributed by atoms with Gasteiger partial charge in [0.25, 0.3) is 0 Å². The van der Waals surface area contributed by atoms with Gasteiger partial charge in [-0.2, -0.15) is 0 Å². The van der Waals surface area contributed by atoms with E-state index in [1.54, 1.807) is 6.07 Å². The van der Waals surface area contributed by atoms with Crippen LogP contribution in [-0.4, -0.2) is 13.2 Å². The molecule has 1 aliphatic rings. The fraction of sp³-hybridized carbons (Fsp3) is 0.647. The van der Waals surface area contributed by atoms with Gasteiger partial charge < -0.3 is 10.1 Å². The standard InChI is InChI=1S/C17H26FNO/c1-4-13-6-5-7-15(10-13)19-12(2)14-8-9-16(18)17(11-14)20-3/h8-9,11-13,15,19H,4-7,10H2,1-3H3. The molecule has 1 saturated carbocycles. The second-order valence-electron chi connectivity index (χ2n) is 5.92. The predicted octanol–water partition coefficient (Wildman–Crippen LogP) is 4.45. The Morgan fingerprint density at radius 2 is 2.20 bits per heavy atom. The second kappa shape index (κ2) is 7.07. The molecule has 0 bridgehead atoms. The largest absolute Gasteiger partial charge is 0.494 e. The van der Waals surface area contributed by atoms with Crippen molar-refractivity contribution in [2.45, 2.75) is 58.0 Å². The topological polar surface area (TPSA) is 21.3 Å². The molecule has 2 rings (SSSR count). The van der Waals surface area contributed by atoms with Gasteiger partial charge in [0, 0.05) is 12.1 Å². The van der Waals surface area contributed by atoms with E-state index in [1.807, 2.05) is 6.07 Å². The summed E-state index contributed by atoms with van der Waals surface area (Å²) in [5.74, 6) is 0.884. The number of benzene rings is 1. The van der Waals surface area contributed by atoms with Gasteiger partial charge >= 0.3 is 0 Å². The summed E-state index contributed by atoms with van der Waals surface area (Å²) in [5.41, 5.74) is 1.09. The van der Waals surface area contributed by atoms with Crippen LogP contribution in [0.25, 0.3) is 0 Å². The smallest absolute Gasteiger partial charge is 0.165 e. The van der Waals surface area contributed by atoms with E-state index in [-0.39, 0.29) is 11.9 Å². The van der Waals surface area contributed by atoms with Crippen molar-refractivity contribution in [3.05, 3.63) is 29.6 Å². The van der Waals surface area contributed by atoms with Gasteiger partial charge in [-0.15, -0.1) is 0 Å².